The quantitative estimate of drug-likeness (QED) is 0.201. The number of phenols is 3. The summed E-state index contributed by atoms with van der Waals surface area (Å²) in [6, 6.07) is 1.69. The zero-order chi connectivity index (χ0) is 26.1. The van der Waals surface area contributed by atoms with Crippen LogP contribution in [0.5, 0.6) is 17.2 Å². The minimum absolute atomic E-state index is 0.0380. The van der Waals surface area contributed by atoms with Gasteiger partial charge in [0.1, 0.15) is 31.0 Å². The number of carbonyl (C=O) groups excluding carboxylic acids is 2. The molecule has 194 valence electrons. The Kier molecular flexibility index (Phi) is 7.92. The van der Waals surface area contributed by atoms with Crippen LogP contribution in [0.4, 0.5) is 0 Å². The van der Waals surface area contributed by atoms with E-state index in [2.05, 4.69) is 0 Å². The molecule has 1 aliphatic heterocycles. The lowest BCUT2D eigenvalue weighted by Gasteiger charge is -2.39. The first kappa shape index (κ1) is 26.7. The van der Waals surface area contributed by atoms with Crippen LogP contribution in [0.2, 0.25) is 0 Å². The van der Waals surface area contributed by atoms with Gasteiger partial charge in [0.05, 0.1) is 11.2 Å². The van der Waals surface area contributed by atoms with Crippen LogP contribution in [0.3, 0.4) is 0 Å². The molecule has 0 saturated carbocycles. The molecule has 7 N–H and O–H groups in total. The number of aromatic hydroxyl groups is 3. The van der Waals surface area contributed by atoms with Crippen LogP contribution in [-0.4, -0.2) is 90.6 Å². The Labute approximate surface area is 200 Å². The van der Waals surface area contributed by atoms with Crippen molar-refractivity contribution >= 4 is 11.9 Å². The van der Waals surface area contributed by atoms with Crippen molar-refractivity contribution in [2.24, 2.45) is 5.92 Å². The highest BCUT2D eigenvalue weighted by molar-refractivity contribution is 5.91. The van der Waals surface area contributed by atoms with Crippen LogP contribution in [0.15, 0.2) is 23.8 Å². The van der Waals surface area contributed by atoms with Gasteiger partial charge in [-0.3, -0.25) is 0 Å². The molecule has 0 aromatic heterocycles. The average Bonchev–Trinajstić information content (AvgIpc) is 2.81. The summed E-state index contributed by atoms with van der Waals surface area (Å²) in [5, 5.41) is 69.1. The number of aliphatic hydroxyl groups excluding tert-OH is 3. The second-order valence-electron chi connectivity index (χ2n) is 9.24. The van der Waals surface area contributed by atoms with E-state index >= 15 is 0 Å². The summed E-state index contributed by atoms with van der Waals surface area (Å²) < 4.78 is 15.6. The van der Waals surface area contributed by atoms with E-state index in [0.717, 1.165) is 12.1 Å². The van der Waals surface area contributed by atoms with Crippen molar-refractivity contribution in [1.29, 1.82) is 0 Å². The zero-order valence-corrected chi connectivity index (χ0v) is 19.2. The van der Waals surface area contributed by atoms with Crippen molar-refractivity contribution < 1.29 is 59.5 Å². The van der Waals surface area contributed by atoms with Gasteiger partial charge in [-0.2, -0.15) is 0 Å². The Morgan fingerprint density at radius 2 is 1.66 bits per heavy atom. The van der Waals surface area contributed by atoms with Crippen LogP contribution >= 0.6 is 0 Å². The molecule has 1 heterocycles. The lowest BCUT2D eigenvalue weighted by atomic mass is 9.79. The zero-order valence-electron chi connectivity index (χ0n) is 19.2. The van der Waals surface area contributed by atoms with Gasteiger partial charge in [-0.1, -0.05) is 6.08 Å². The van der Waals surface area contributed by atoms with Crippen LogP contribution in [-0.2, 0) is 19.0 Å². The van der Waals surface area contributed by atoms with Gasteiger partial charge in [-0.05, 0) is 51.2 Å². The molecule has 0 spiro atoms. The molecule has 0 unspecified atom stereocenters. The smallest absolute Gasteiger partial charge is 0.338 e. The number of benzene rings is 1. The molecule has 2 aliphatic rings. The summed E-state index contributed by atoms with van der Waals surface area (Å²) in [6.07, 6.45) is -5.37. The summed E-state index contributed by atoms with van der Waals surface area (Å²) in [6.45, 7) is 2.73. The number of carbonyl (C=O) groups is 2. The summed E-state index contributed by atoms with van der Waals surface area (Å²) in [5.74, 6) is -4.24. The molecule has 12 nitrogen and oxygen atoms in total. The van der Waals surface area contributed by atoms with E-state index in [4.69, 9.17) is 14.2 Å². The number of hydrogen-bond acceptors (Lipinski definition) is 12. The van der Waals surface area contributed by atoms with Crippen LogP contribution in [0, 0.1) is 5.92 Å². The third-order valence-electron chi connectivity index (χ3n) is 6.25. The van der Waals surface area contributed by atoms with Gasteiger partial charge >= 0.3 is 11.9 Å². The second kappa shape index (κ2) is 10.4. The van der Waals surface area contributed by atoms with Crippen molar-refractivity contribution in [3.63, 3.8) is 0 Å². The van der Waals surface area contributed by atoms with Crippen LogP contribution in [0.1, 0.15) is 43.5 Å². The van der Waals surface area contributed by atoms with Crippen molar-refractivity contribution in [2.75, 3.05) is 6.61 Å². The molecule has 12 heteroatoms. The lowest BCUT2D eigenvalue weighted by Crippen LogP contribution is -2.59. The molecular formula is C23H30O12. The molecule has 0 radical (unpaired) electrons. The highest BCUT2D eigenvalue weighted by Gasteiger charge is 2.46. The van der Waals surface area contributed by atoms with Crippen molar-refractivity contribution in [1.82, 2.24) is 0 Å². The Balaban J connectivity index is 1.62. The Morgan fingerprint density at radius 1 is 1.03 bits per heavy atom. The molecule has 1 fully saturated rings. The van der Waals surface area contributed by atoms with Gasteiger partial charge in [0.15, 0.2) is 17.2 Å². The lowest BCUT2D eigenvalue weighted by molar-refractivity contribution is -0.291. The number of hydrogen-bond donors (Lipinski definition) is 7. The Morgan fingerprint density at radius 3 is 2.20 bits per heavy atom. The van der Waals surface area contributed by atoms with Crippen molar-refractivity contribution in [3.8, 4) is 17.2 Å². The predicted octanol–water partition coefficient (Wildman–Crippen LogP) is -0.192. The monoisotopic (exact) mass is 498 g/mol. The largest absolute Gasteiger partial charge is 0.504 e. The van der Waals surface area contributed by atoms with E-state index in [9.17, 15) is 45.3 Å². The maximum absolute atomic E-state index is 12.6. The fourth-order valence-electron chi connectivity index (χ4n) is 3.96. The number of esters is 2. The van der Waals surface area contributed by atoms with Gasteiger partial charge in [0, 0.05) is 5.57 Å². The second-order valence-corrected chi connectivity index (χ2v) is 9.24. The van der Waals surface area contributed by atoms with Crippen LogP contribution in [0.25, 0.3) is 0 Å². The minimum atomic E-state index is -1.79. The molecule has 0 amide bonds. The van der Waals surface area contributed by atoms with E-state index in [-0.39, 0.29) is 11.5 Å². The average molecular weight is 498 g/mol. The molecular weight excluding hydrogens is 468 g/mol. The van der Waals surface area contributed by atoms with Gasteiger partial charge < -0.3 is 50.0 Å². The number of phenolic OH excluding ortho intramolecular Hbond substituents is 3. The number of rotatable bonds is 6. The standard InChI is InChI=1S/C23H30O12/c1-23(2,32)12-5-3-10(4-6-12)21(31)35-22-19(29)18(28)17(27)15(34-22)9-33-20(30)11-7-13(24)16(26)14(25)8-11/h3,7-8,12,15,17-19,22,24-29,32H,4-6,9H2,1-2H3/t12-,15-,17-,18+,19-,22+/m1/s1. The predicted molar refractivity (Wildman–Crippen MR) is 116 cm³/mol. The first-order chi connectivity index (χ1) is 16.3. The third-order valence-corrected chi connectivity index (χ3v) is 6.25. The van der Waals surface area contributed by atoms with Gasteiger partial charge in [0.2, 0.25) is 6.29 Å². The molecule has 0 bridgehead atoms. The first-order valence-electron chi connectivity index (χ1n) is 11.0. The maximum atomic E-state index is 12.6. The first-order valence-corrected chi connectivity index (χ1v) is 11.0. The highest BCUT2D eigenvalue weighted by Crippen LogP contribution is 2.36. The van der Waals surface area contributed by atoms with Crippen molar-refractivity contribution in [2.45, 2.75) is 69.4 Å². The topological polar surface area (TPSA) is 203 Å². The molecule has 1 saturated heterocycles. The summed E-state index contributed by atoms with van der Waals surface area (Å²) in [7, 11) is 0. The molecule has 1 aromatic rings. The molecule has 35 heavy (non-hydrogen) atoms. The summed E-state index contributed by atoms with van der Waals surface area (Å²) in [5.41, 5.74) is -0.908. The van der Waals surface area contributed by atoms with E-state index in [0.29, 0.717) is 24.8 Å². The normalized spacial score (nSPS) is 29.3. The Hall–Kier alpha value is -2.90. The Bertz CT molecular complexity index is 958. The number of allylic oxidation sites excluding steroid dienone is 1. The number of ether oxygens (including phenoxy) is 3. The highest BCUT2D eigenvalue weighted by atomic mass is 16.7. The molecule has 1 aliphatic carbocycles. The van der Waals surface area contributed by atoms with Crippen LogP contribution < -0.4 is 0 Å². The molecule has 6 atom stereocenters. The van der Waals surface area contributed by atoms with Crippen molar-refractivity contribution in [3.05, 3.63) is 29.3 Å². The molecule has 1 aromatic carbocycles. The minimum Gasteiger partial charge on any atom is -0.504 e. The number of aliphatic hydroxyl groups is 4. The maximum Gasteiger partial charge on any atom is 0.338 e. The van der Waals surface area contributed by atoms with E-state index in [1.165, 1.54) is 0 Å². The third kappa shape index (κ3) is 6.03. The van der Waals surface area contributed by atoms with Gasteiger partial charge in [0.25, 0.3) is 0 Å². The summed E-state index contributed by atoms with van der Waals surface area (Å²) >= 11 is 0. The van der Waals surface area contributed by atoms with E-state index < -0.39 is 72.1 Å². The SMILES string of the molecule is CC(C)(O)[C@@H]1CC=C(C(=O)O[C@@H]2O[C@H](COC(=O)c3cc(O)c(O)c(O)c3)[C@@H](O)[C@H](O)[C@H]2O)CC1. The molecule has 3 rings (SSSR count). The van der Waals surface area contributed by atoms with Gasteiger partial charge in [-0.15, -0.1) is 0 Å². The van der Waals surface area contributed by atoms with Gasteiger partial charge in [-0.25, -0.2) is 9.59 Å². The fourth-order valence-corrected chi connectivity index (χ4v) is 3.96. The van der Waals surface area contributed by atoms with E-state index in [1.807, 2.05) is 0 Å². The fraction of sp³-hybridized carbons (Fsp3) is 0.565. The summed E-state index contributed by atoms with van der Waals surface area (Å²) in [4.78, 5) is 24.8. The van der Waals surface area contributed by atoms with E-state index in [1.54, 1.807) is 19.9 Å².